The SMILES string of the molecule is CC(C)O.[K].[K]. The third-order valence-corrected chi connectivity index (χ3v) is 0. The van der Waals surface area contributed by atoms with Gasteiger partial charge in [-0.2, -0.15) is 0 Å². The number of aliphatic hydroxyl groups excluding tert-OH is 1. The largest absolute Gasteiger partial charge is 0.394 e. The summed E-state index contributed by atoms with van der Waals surface area (Å²) in [7, 11) is 0. The predicted molar refractivity (Wildman–Crippen MR) is 28.9 cm³/mol. The van der Waals surface area contributed by atoms with Gasteiger partial charge in [-0.3, -0.25) is 0 Å². The average Bonchev–Trinajstić information content (AvgIpc) is 0.811. The first-order valence-electron chi connectivity index (χ1n) is 1.41. The first-order chi connectivity index (χ1) is 1.73. The molecule has 6 heavy (non-hydrogen) atoms. The molecule has 0 saturated heterocycles. The zero-order valence-corrected chi connectivity index (χ0v) is 11.3. The van der Waals surface area contributed by atoms with Gasteiger partial charge in [0, 0.05) is 109 Å². The van der Waals surface area contributed by atoms with E-state index in [-0.39, 0.29) is 109 Å². The van der Waals surface area contributed by atoms with Crippen LogP contribution in [-0.2, 0) is 0 Å². The summed E-state index contributed by atoms with van der Waals surface area (Å²) in [6.45, 7) is 3.44. The maximum atomic E-state index is 8.06. The third-order valence-electron chi connectivity index (χ3n) is 0. The molecule has 0 unspecified atom stereocenters. The molecule has 0 fully saturated rings. The minimum Gasteiger partial charge on any atom is -0.394 e. The molecule has 0 bridgehead atoms. The van der Waals surface area contributed by atoms with Crippen LogP contribution >= 0.6 is 0 Å². The molecule has 0 aliphatic carbocycles. The van der Waals surface area contributed by atoms with Crippen molar-refractivity contribution in [1.82, 2.24) is 0 Å². The molecule has 3 heteroatoms. The van der Waals surface area contributed by atoms with Crippen molar-refractivity contribution in [2.24, 2.45) is 0 Å². The Morgan fingerprint density at radius 3 is 1.17 bits per heavy atom. The molecule has 28 valence electrons. The Labute approximate surface area is 124 Å². The first kappa shape index (κ1) is 16.1. The van der Waals surface area contributed by atoms with Crippen LogP contribution in [0.25, 0.3) is 0 Å². The summed E-state index contributed by atoms with van der Waals surface area (Å²) in [6, 6.07) is 0. The smallest absolute Gasteiger partial charge is 0.0483 e. The zero-order valence-electron chi connectivity index (χ0n) is 5.02. The summed E-state index contributed by atoms with van der Waals surface area (Å²) in [6.07, 6.45) is -0.167. The van der Waals surface area contributed by atoms with Crippen molar-refractivity contribution in [3.05, 3.63) is 0 Å². The van der Waals surface area contributed by atoms with Crippen LogP contribution in [-0.4, -0.2) is 114 Å². The summed E-state index contributed by atoms with van der Waals surface area (Å²) in [4.78, 5) is 0. The molecule has 0 aliphatic rings. The van der Waals surface area contributed by atoms with Crippen LogP contribution in [0.1, 0.15) is 13.8 Å². The second-order valence-electron chi connectivity index (χ2n) is 1.09. The van der Waals surface area contributed by atoms with Crippen molar-refractivity contribution in [3.63, 3.8) is 0 Å². The van der Waals surface area contributed by atoms with Crippen LogP contribution in [0, 0.1) is 0 Å². The molecule has 0 aliphatic heterocycles. The van der Waals surface area contributed by atoms with E-state index in [0.717, 1.165) is 0 Å². The van der Waals surface area contributed by atoms with Crippen molar-refractivity contribution in [3.8, 4) is 0 Å². The Kier molecular flexibility index (Phi) is 29.8. The van der Waals surface area contributed by atoms with E-state index in [1.54, 1.807) is 13.8 Å². The Hall–Kier alpha value is 3.23. The van der Waals surface area contributed by atoms with Crippen LogP contribution in [0.3, 0.4) is 0 Å². The topological polar surface area (TPSA) is 20.2 Å². The fourth-order valence-electron chi connectivity index (χ4n) is 0. The summed E-state index contributed by atoms with van der Waals surface area (Å²) in [5, 5.41) is 8.06. The van der Waals surface area contributed by atoms with Gasteiger partial charge in [0.1, 0.15) is 0 Å². The normalized spacial score (nSPS) is 6.00. The van der Waals surface area contributed by atoms with E-state index in [2.05, 4.69) is 0 Å². The van der Waals surface area contributed by atoms with E-state index in [0.29, 0.717) is 0 Å². The van der Waals surface area contributed by atoms with E-state index >= 15 is 0 Å². The Balaban J connectivity index is -0.0000000450. The monoisotopic (exact) mass is 138 g/mol. The molecule has 0 aromatic carbocycles. The molecule has 0 saturated carbocycles. The van der Waals surface area contributed by atoms with Gasteiger partial charge in [-0.25, -0.2) is 0 Å². The minimum atomic E-state index is -0.167. The van der Waals surface area contributed by atoms with Gasteiger partial charge in [0.25, 0.3) is 0 Å². The first-order valence-corrected chi connectivity index (χ1v) is 1.41. The van der Waals surface area contributed by atoms with Gasteiger partial charge >= 0.3 is 0 Å². The second-order valence-corrected chi connectivity index (χ2v) is 1.09. The van der Waals surface area contributed by atoms with Gasteiger partial charge in [-0.1, -0.05) is 0 Å². The fourth-order valence-corrected chi connectivity index (χ4v) is 0. The fraction of sp³-hybridized carbons (Fsp3) is 1.00. The van der Waals surface area contributed by atoms with Crippen LogP contribution in [0.5, 0.6) is 0 Å². The van der Waals surface area contributed by atoms with Crippen molar-refractivity contribution in [2.45, 2.75) is 20.0 Å². The summed E-state index contributed by atoms with van der Waals surface area (Å²) >= 11 is 0. The van der Waals surface area contributed by atoms with Gasteiger partial charge in [-0.05, 0) is 13.8 Å². The van der Waals surface area contributed by atoms with Crippen LogP contribution in [0.4, 0.5) is 0 Å². The number of aliphatic hydroxyl groups is 1. The van der Waals surface area contributed by atoms with E-state index in [9.17, 15) is 0 Å². The van der Waals surface area contributed by atoms with Gasteiger partial charge < -0.3 is 5.11 Å². The van der Waals surface area contributed by atoms with Gasteiger partial charge in [0.05, 0.1) is 0 Å². The standard InChI is InChI=1S/C3H8O.2K/c1-3(2)4;;/h3-4H,1-2H3;;. The molecule has 0 aromatic rings. The maximum absolute atomic E-state index is 8.06. The molecule has 0 heterocycles. The van der Waals surface area contributed by atoms with E-state index in [1.807, 2.05) is 0 Å². The molecule has 0 spiro atoms. The van der Waals surface area contributed by atoms with E-state index in [1.165, 1.54) is 0 Å². The van der Waals surface area contributed by atoms with Crippen LogP contribution < -0.4 is 0 Å². The molecule has 1 nitrogen and oxygen atoms in total. The molecular weight excluding hydrogens is 130 g/mol. The minimum absolute atomic E-state index is 0. The van der Waals surface area contributed by atoms with Gasteiger partial charge in [0.2, 0.25) is 0 Å². The third kappa shape index (κ3) is 26.9. The summed E-state index contributed by atoms with van der Waals surface area (Å²) < 4.78 is 0. The van der Waals surface area contributed by atoms with Gasteiger partial charge in [0.15, 0.2) is 0 Å². The molecular formula is C3H8K2O. The molecule has 0 rings (SSSR count). The van der Waals surface area contributed by atoms with Crippen molar-refractivity contribution in [1.29, 1.82) is 0 Å². The molecule has 0 amide bonds. The van der Waals surface area contributed by atoms with Crippen LogP contribution in [0.15, 0.2) is 0 Å². The molecule has 2 radical (unpaired) electrons. The van der Waals surface area contributed by atoms with Crippen molar-refractivity contribution in [2.75, 3.05) is 0 Å². The van der Waals surface area contributed by atoms with Crippen molar-refractivity contribution >= 4 is 103 Å². The van der Waals surface area contributed by atoms with Gasteiger partial charge in [-0.15, -0.1) is 0 Å². The van der Waals surface area contributed by atoms with Crippen LogP contribution in [0.2, 0.25) is 0 Å². The summed E-state index contributed by atoms with van der Waals surface area (Å²) in [5.41, 5.74) is 0. The number of rotatable bonds is 0. The Morgan fingerprint density at radius 2 is 1.17 bits per heavy atom. The number of hydrogen-bond acceptors (Lipinski definition) is 1. The molecule has 0 atom stereocenters. The molecule has 0 aromatic heterocycles. The quantitative estimate of drug-likeness (QED) is 0.453. The zero-order chi connectivity index (χ0) is 3.58. The maximum Gasteiger partial charge on any atom is 0.0483 e. The van der Waals surface area contributed by atoms with Crippen molar-refractivity contribution < 1.29 is 5.11 Å². The van der Waals surface area contributed by atoms with E-state index < -0.39 is 0 Å². The average molecular weight is 138 g/mol. The van der Waals surface area contributed by atoms with E-state index in [4.69, 9.17) is 5.11 Å². The Morgan fingerprint density at radius 1 is 1.17 bits per heavy atom. The predicted octanol–water partition coefficient (Wildman–Crippen LogP) is -0.374. The molecule has 1 N–H and O–H groups in total. The number of hydrogen-bond donors (Lipinski definition) is 1. The summed E-state index contributed by atoms with van der Waals surface area (Å²) in [5.74, 6) is 0. The Bertz CT molecular complexity index is 13.5. The second kappa shape index (κ2) is 11.1.